The fourth-order valence-corrected chi connectivity index (χ4v) is 2.47. The van der Waals surface area contributed by atoms with E-state index < -0.39 is 18.8 Å². The Morgan fingerprint density at radius 3 is 2.90 bits per heavy atom. The first-order valence-corrected chi connectivity index (χ1v) is 6.81. The molecule has 21 heavy (non-hydrogen) atoms. The molecule has 0 aromatic carbocycles. The number of amides is 1. The molecule has 0 radical (unpaired) electrons. The summed E-state index contributed by atoms with van der Waals surface area (Å²) in [5.74, 6) is -0.660. The monoisotopic (exact) mass is 305 g/mol. The van der Waals surface area contributed by atoms with Crippen molar-refractivity contribution in [2.75, 3.05) is 13.1 Å². The first-order chi connectivity index (χ1) is 9.89. The van der Waals surface area contributed by atoms with Crippen LogP contribution in [0, 0.1) is 5.92 Å². The molecule has 1 saturated heterocycles. The fraction of sp³-hybridized carbons (Fsp3) is 0.750. The second kappa shape index (κ2) is 6.42. The molecule has 1 aliphatic rings. The molecule has 0 bridgehead atoms. The Kier molecular flexibility index (Phi) is 4.81. The van der Waals surface area contributed by atoms with E-state index in [4.69, 9.17) is 0 Å². The first-order valence-electron chi connectivity index (χ1n) is 6.81. The summed E-state index contributed by atoms with van der Waals surface area (Å²) in [6, 6.07) is -1.94. The van der Waals surface area contributed by atoms with Gasteiger partial charge in [-0.15, -0.1) is 0 Å². The molecule has 1 aromatic rings. The van der Waals surface area contributed by atoms with Gasteiger partial charge in [0, 0.05) is 12.6 Å². The summed E-state index contributed by atoms with van der Waals surface area (Å²) in [6.07, 6.45) is -0.950. The molecular weight excluding hydrogens is 287 g/mol. The molecule has 3 atom stereocenters. The molecule has 1 amide bonds. The van der Waals surface area contributed by atoms with Gasteiger partial charge in [0.1, 0.15) is 12.7 Å². The van der Waals surface area contributed by atoms with Crippen molar-refractivity contribution in [3.8, 4) is 0 Å². The van der Waals surface area contributed by atoms with Crippen molar-refractivity contribution in [2.24, 2.45) is 5.92 Å². The Hall–Kier alpha value is -1.64. The standard InChI is InChI=1S/C12H18F3N5O/c1-8-9(3-2-4-17-8)11(21)18-5-10(12(13,14)15)20-7-16-6-19-20/h6-10,17H,2-5H2,1H3,(H,18,21)/t8-,9-,10?/m1/s1. The number of piperidine rings is 1. The molecular formula is C12H18F3N5O. The average Bonchev–Trinajstić information content (AvgIpc) is 2.91. The van der Waals surface area contributed by atoms with Crippen molar-refractivity contribution in [2.45, 2.75) is 38.0 Å². The van der Waals surface area contributed by atoms with E-state index in [0.29, 0.717) is 11.1 Å². The maximum atomic E-state index is 13.0. The number of carbonyl (C=O) groups is 1. The number of hydrogen-bond donors (Lipinski definition) is 2. The number of nitrogens with zero attached hydrogens (tertiary/aromatic N) is 3. The number of nitrogens with one attached hydrogen (secondary N) is 2. The van der Waals surface area contributed by atoms with Crippen LogP contribution in [0.3, 0.4) is 0 Å². The minimum Gasteiger partial charge on any atom is -0.353 e. The lowest BCUT2D eigenvalue weighted by Crippen LogP contribution is -2.48. The van der Waals surface area contributed by atoms with E-state index >= 15 is 0 Å². The average molecular weight is 305 g/mol. The smallest absolute Gasteiger partial charge is 0.353 e. The highest BCUT2D eigenvalue weighted by molar-refractivity contribution is 5.79. The number of halogens is 3. The van der Waals surface area contributed by atoms with Crippen LogP contribution in [-0.2, 0) is 4.79 Å². The fourth-order valence-electron chi connectivity index (χ4n) is 2.47. The quantitative estimate of drug-likeness (QED) is 0.866. The van der Waals surface area contributed by atoms with Crippen LogP contribution in [0.25, 0.3) is 0 Å². The molecule has 2 heterocycles. The van der Waals surface area contributed by atoms with E-state index in [1.54, 1.807) is 0 Å². The van der Waals surface area contributed by atoms with Crippen molar-refractivity contribution < 1.29 is 18.0 Å². The predicted molar refractivity (Wildman–Crippen MR) is 68.3 cm³/mol. The van der Waals surface area contributed by atoms with E-state index in [0.717, 1.165) is 25.6 Å². The molecule has 1 unspecified atom stereocenters. The zero-order valence-corrected chi connectivity index (χ0v) is 11.6. The number of aromatic nitrogens is 3. The third kappa shape index (κ3) is 3.93. The van der Waals surface area contributed by atoms with Crippen LogP contribution >= 0.6 is 0 Å². The van der Waals surface area contributed by atoms with E-state index in [9.17, 15) is 18.0 Å². The topological polar surface area (TPSA) is 71.8 Å². The summed E-state index contributed by atoms with van der Waals surface area (Å²) in [6.45, 7) is 2.14. The van der Waals surface area contributed by atoms with Crippen LogP contribution < -0.4 is 10.6 Å². The summed E-state index contributed by atoms with van der Waals surface area (Å²) < 4.78 is 39.7. The van der Waals surface area contributed by atoms with Gasteiger partial charge in [-0.2, -0.15) is 18.3 Å². The van der Waals surface area contributed by atoms with Crippen molar-refractivity contribution in [3.05, 3.63) is 12.7 Å². The summed E-state index contributed by atoms with van der Waals surface area (Å²) in [4.78, 5) is 15.6. The maximum Gasteiger partial charge on any atom is 0.412 e. The van der Waals surface area contributed by atoms with Crippen molar-refractivity contribution in [3.63, 3.8) is 0 Å². The molecule has 6 nitrogen and oxygen atoms in total. The van der Waals surface area contributed by atoms with E-state index in [2.05, 4.69) is 20.7 Å². The lowest BCUT2D eigenvalue weighted by Gasteiger charge is -2.29. The molecule has 0 spiro atoms. The van der Waals surface area contributed by atoms with E-state index in [-0.39, 0.29) is 17.9 Å². The lowest BCUT2D eigenvalue weighted by atomic mass is 9.91. The summed E-state index contributed by atoms with van der Waals surface area (Å²) in [5, 5.41) is 9.05. The van der Waals surface area contributed by atoms with Crippen LogP contribution in [0.15, 0.2) is 12.7 Å². The predicted octanol–water partition coefficient (Wildman–Crippen LogP) is 0.886. The molecule has 9 heteroatoms. The van der Waals surface area contributed by atoms with Crippen molar-refractivity contribution in [1.29, 1.82) is 0 Å². The highest BCUT2D eigenvalue weighted by Gasteiger charge is 2.42. The van der Waals surface area contributed by atoms with Crippen molar-refractivity contribution in [1.82, 2.24) is 25.4 Å². The van der Waals surface area contributed by atoms with Gasteiger partial charge in [0.15, 0.2) is 6.04 Å². The van der Waals surface area contributed by atoms with Gasteiger partial charge in [-0.3, -0.25) is 4.79 Å². The van der Waals surface area contributed by atoms with Crippen LogP contribution in [0.4, 0.5) is 13.2 Å². The minimum atomic E-state index is -4.50. The third-order valence-electron chi connectivity index (χ3n) is 3.70. The summed E-state index contributed by atoms with van der Waals surface area (Å²) >= 11 is 0. The SMILES string of the molecule is C[C@H]1NCCC[C@H]1C(=O)NCC(n1cncn1)C(F)(F)F. The van der Waals surface area contributed by atoms with Gasteiger partial charge in [0.25, 0.3) is 0 Å². The van der Waals surface area contributed by atoms with Crippen LogP contribution in [0.1, 0.15) is 25.8 Å². The molecule has 2 N–H and O–H groups in total. The molecule has 1 fully saturated rings. The zero-order chi connectivity index (χ0) is 15.5. The number of carbonyl (C=O) groups excluding carboxylic acids is 1. The van der Waals surface area contributed by atoms with Crippen LogP contribution in [0.2, 0.25) is 0 Å². The molecule has 0 aliphatic carbocycles. The van der Waals surface area contributed by atoms with Gasteiger partial charge < -0.3 is 10.6 Å². The minimum absolute atomic E-state index is 0.0329. The van der Waals surface area contributed by atoms with Crippen LogP contribution in [-0.4, -0.2) is 46.0 Å². The highest BCUT2D eigenvalue weighted by Crippen LogP contribution is 2.29. The Bertz CT molecular complexity index is 462. The molecule has 2 rings (SSSR count). The lowest BCUT2D eigenvalue weighted by molar-refractivity contribution is -0.169. The molecule has 1 aliphatic heterocycles. The van der Waals surface area contributed by atoms with Gasteiger partial charge in [0.2, 0.25) is 5.91 Å². The zero-order valence-electron chi connectivity index (χ0n) is 11.6. The molecule has 118 valence electrons. The van der Waals surface area contributed by atoms with Gasteiger partial charge in [-0.05, 0) is 26.3 Å². The number of hydrogen-bond acceptors (Lipinski definition) is 4. The Morgan fingerprint density at radius 1 is 1.57 bits per heavy atom. The second-order valence-corrected chi connectivity index (χ2v) is 5.17. The normalized spacial score (nSPS) is 24.6. The molecule has 0 saturated carbocycles. The largest absolute Gasteiger partial charge is 0.412 e. The Labute approximate surface area is 120 Å². The van der Waals surface area contributed by atoms with E-state index in [1.165, 1.54) is 0 Å². The Balaban J connectivity index is 1.97. The van der Waals surface area contributed by atoms with Gasteiger partial charge in [-0.1, -0.05) is 0 Å². The van der Waals surface area contributed by atoms with Crippen molar-refractivity contribution >= 4 is 5.91 Å². The maximum absolute atomic E-state index is 13.0. The summed E-state index contributed by atoms with van der Waals surface area (Å²) in [5.41, 5.74) is 0. The van der Waals surface area contributed by atoms with Crippen LogP contribution in [0.5, 0.6) is 0 Å². The van der Waals surface area contributed by atoms with Gasteiger partial charge >= 0.3 is 6.18 Å². The summed E-state index contributed by atoms with van der Waals surface area (Å²) in [7, 11) is 0. The molecule has 1 aromatic heterocycles. The first kappa shape index (κ1) is 15.7. The highest BCUT2D eigenvalue weighted by atomic mass is 19.4. The number of rotatable bonds is 4. The number of alkyl halides is 3. The Morgan fingerprint density at radius 2 is 2.33 bits per heavy atom. The second-order valence-electron chi connectivity index (χ2n) is 5.17. The van der Waals surface area contributed by atoms with E-state index in [1.807, 2.05) is 6.92 Å². The van der Waals surface area contributed by atoms with Gasteiger partial charge in [0.05, 0.1) is 5.92 Å². The third-order valence-corrected chi connectivity index (χ3v) is 3.70. The van der Waals surface area contributed by atoms with Gasteiger partial charge in [-0.25, -0.2) is 9.67 Å².